The first-order chi connectivity index (χ1) is 9.68. The second-order valence-corrected chi connectivity index (χ2v) is 4.43. The third-order valence-electron chi connectivity index (χ3n) is 2.91. The van der Waals surface area contributed by atoms with Crippen LogP contribution in [0.4, 0.5) is 0 Å². The van der Waals surface area contributed by atoms with Gasteiger partial charge in [0, 0.05) is 19.2 Å². The molecule has 0 aliphatic carbocycles. The molecule has 0 unspecified atom stereocenters. The van der Waals surface area contributed by atoms with E-state index in [9.17, 15) is 9.59 Å². The normalized spacial score (nSPS) is 10.6. The maximum atomic E-state index is 12.0. The molecule has 0 bridgehead atoms. The number of unbranched alkanes of at least 4 members (excludes halogenated alkanes) is 2. The van der Waals surface area contributed by atoms with Gasteiger partial charge in [-0.2, -0.15) is 5.10 Å². The van der Waals surface area contributed by atoms with Crippen molar-refractivity contribution in [1.82, 2.24) is 20.5 Å². The molecule has 7 heteroatoms. The number of carbonyl (C=O) groups is 2. The molecule has 2 aromatic rings. The molecule has 0 saturated carbocycles. The van der Waals surface area contributed by atoms with Crippen LogP contribution in [0.3, 0.4) is 0 Å². The number of carboxylic acids is 1. The zero-order chi connectivity index (χ0) is 14.4. The Bertz CT molecular complexity index is 608. The first-order valence-electron chi connectivity index (χ1n) is 6.47. The summed E-state index contributed by atoms with van der Waals surface area (Å²) in [6.07, 6.45) is 3.95. The summed E-state index contributed by atoms with van der Waals surface area (Å²) in [6, 6.07) is 3.54. The monoisotopic (exact) mass is 276 g/mol. The van der Waals surface area contributed by atoms with E-state index in [2.05, 4.69) is 20.5 Å². The average Bonchev–Trinajstić information content (AvgIpc) is 2.86. The number of carbonyl (C=O) groups excluding carboxylic acids is 1. The predicted molar refractivity (Wildman–Crippen MR) is 72.3 cm³/mol. The third kappa shape index (κ3) is 3.53. The van der Waals surface area contributed by atoms with Crippen LogP contribution in [0.25, 0.3) is 11.0 Å². The standard InChI is InChI=1S/C13H16N4O3/c18-10(19)6-2-1-3-7-15-13(20)11-9-5-4-8-14-12(9)17-16-11/h4-5,8H,1-3,6-7H2,(H,15,20)(H,18,19)(H,14,16,17). The molecule has 3 N–H and O–H groups in total. The Morgan fingerprint density at radius 1 is 1.30 bits per heavy atom. The third-order valence-corrected chi connectivity index (χ3v) is 2.91. The van der Waals surface area contributed by atoms with E-state index in [4.69, 9.17) is 5.11 Å². The molecule has 0 spiro atoms. The van der Waals surface area contributed by atoms with E-state index in [0.717, 1.165) is 12.8 Å². The molecular weight excluding hydrogens is 260 g/mol. The molecule has 1 amide bonds. The van der Waals surface area contributed by atoms with Crippen molar-refractivity contribution in [3.63, 3.8) is 0 Å². The minimum atomic E-state index is -0.787. The first kappa shape index (κ1) is 14.0. The number of amides is 1. The van der Waals surface area contributed by atoms with Gasteiger partial charge in [0.2, 0.25) is 0 Å². The fourth-order valence-corrected chi connectivity index (χ4v) is 1.89. The molecule has 0 aliphatic rings. The Hall–Kier alpha value is -2.44. The van der Waals surface area contributed by atoms with Crippen LogP contribution in [0.1, 0.15) is 36.2 Å². The summed E-state index contributed by atoms with van der Waals surface area (Å²) in [7, 11) is 0. The van der Waals surface area contributed by atoms with E-state index in [1.807, 2.05) is 0 Å². The summed E-state index contributed by atoms with van der Waals surface area (Å²) < 4.78 is 0. The van der Waals surface area contributed by atoms with E-state index in [-0.39, 0.29) is 12.3 Å². The van der Waals surface area contributed by atoms with Crippen molar-refractivity contribution in [3.05, 3.63) is 24.0 Å². The van der Waals surface area contributed by atoms with Crippen molar-refractivity contribution in [3.8, 4) is 0 Å². The Morgan fingerprint density at radius 2 is 2.15 bits per heavy atom. The van der Waals surface area contributed by atoms with Gasteiger partial charge in [-0.25, -0.2) is 4.98 Å². The van der Waals surface area contributed by atoms with Gasteiger partial charge in [-0.05, 0) is 25.0 Å². The molecule has 2 heterocycles. The number of aromatic amines is 1. The van der Waals surface area contributed by atoms with Gasteiger partial charge >= 0.3 is 5.97 Å². The topological polar surface area (TPSA) is 108 Å². The van der Waals surface area contributed by atoms with Crippen LogP contribution >= 0.6 is 0 Å². The van der Waals surface area contributed by atoms with Crippen LogP contribution in [-0.2, 0) is 4.79 Å². The maximum absolute atomic E-state index is 12.0. The summed E-state index contributed by atoms with van der Waals surface area (Å²) >= 11 is 0. The Kier molecular flexibility index (Phi) is 4.65. The van der Waals surface area contributed by atoms with Crippen molar-refractivity contribution in [2.24, 2.45) is 0 Å². The minimum Gasteiger partial charge on any atom is -0.481 e. The van der Waals surface area contributed by atoms with Crippen LogP contribution in [-0.4, -0.2) is 38.7 Å². The number of fused-ring (bicyclic) bond motifs is 1. The van der Waals surface area contributed by atoms with Gasteiger partial charge in [0.05, 0.1) is 5.39 Å². The molecule has 2 rings (SSSR count). The van der Waals surface area contributed by atoms with Crippen molar-refractivity contribution >= 4 is 22.9 Å². The lowest BCUT2D eigenvalue weighted by Crippen LogP contribution is -2.25. The number of carboxylic acid groups (broad SMARTS) is 1. The van der Waals surface area contributed by atoms with Gasteiger partial charge in [0.15, 0.2) is 5.65 Å². The van der Waals surface area contributed by atoms with E-state index in [0.29, 0.717) is 29.7 Å². The molecule has 0 saturated heterocycles. The van der Waals surface area contributed by atoms with Crippen LogP contribution in [0.5, 0.6) is 0 Å². The number of rotatable bonds is 7. The van der Waals surface area contributed by atoms with Gasteiger partial charge in [-0.15, -0.1) is 0 Å². The second-order valence-electron chi connectivity index (χ2n) is 4.43. The molecule has 0 atom stereocenters. The summed E-state index contributed by atoms with van der Waals surface area (Å²) in [5, 5.41) is 18.6. The number of H-pyrrole nitrogens is 1. The SMILES string of the molecule is O=C(O)CCCCCNC(=O)c1[nH]nc2ncccc12. The highest BCUT2D eigenvalue weighted by Crippen LogP contribution is 2.12. The number of hydrogen-bond acceptors (Lipinski definition) is 4. The second kappa shape index (κ2) is 6.65. The van der Waals surface area contributed by atoms with E-state index >= 15 is 0 Å². The number of hydrogen-bond donors (Lipinski definition) is 3. The number of nitrogens with zero attached hydrogens (tertiary/aromatic N) is 2. The van der Waals surface area contributed by atoms with Gasteiger partial charge in [0.1, 0.15) is 5.69 Å². The van der Waals surface area contributed by atoms with Gasteiger partial charge in [0.25, 0.3) is 5.91 Å². The Labute approximate surface area is 115 Å². The van der Waals surface area contributed by atoms with Crippen molar-refractivity contribution in [2.45, 2.75) is 25.7 Å². The highest BCUT2D eigenvalue weighted by molar-refractivity contribution is 6.03. The van der Waals surface area contributed by atoms with E-state index in [1.165, 1.54) is 0 Å². The number of nitrogens with one attached hydrogen (secondary N) is 2. The molecule has 2 aromatic heterocycles. The molecule has 0 fully saturated rings. The molecule has 7 nitrogen and oxygen atoms in total. The zero-order valence-corrected chi connectivity index (χ0v) is 10.9. The predicted octanol–water partition coefficient (Wildman–Crippen LogP) is 1.33. The Morgan fingerprint density at radius 3 is 2.95 bits per heavy atom. The van der Waals surface area contributed by atoms with Gasteiger partial charge < -0.3 is 10.4 Å². The fraction of sp³-hybridized carbons (Fsp3) is 0.385. The van der Waals surface area contributed by atoms with Crippen molar-refractivity contribution < 1.29 is 14.7 Å². The van der Waals surface area contributed by atoms with Crippen LogP contribution in [0.15, 0.2) is 18.3 Å². The Balaban J connectivity index is 1.79. The summed E-state index contributed by atoms with van der Waals surface area (Å²) in [4.78, 5) is 26.3. The highest BCUT2D eigenvalue weighted by atomic mass is 16.4. The largest absolute Gasteiger partial charge is 0.481 e. The quantitative estimate of drug-likeness (QED) is 0.661. The molecule has 106 valence electrons. The first-order valence-corrected chi connectivity index (χ1v) is 6.47. The van der Waals surface area contributed by atoms with Crippen LogP contribution < -0.4 is 5.32 Å². The van der Waals surface area contributed by atoms with E-state index in [1.54, 1.807) is 18.3 Å². The summed E-state index contributed by atoms with van der Waals surface area (Å²) in [5.74, 6) is -1.01. The van der Waals surface area contributed by atoms with Gasteiger partial charge in [-0.1, -0.05) is 6.42 Å². The smallest absolute Gasteiger partial charge is 0.303 e. The van der Waals surface area contributed by atoms with Crippen molar-refractivity contribution in [2.75, 3.05) is 6.54 Å². The summed E-state index contributed by atoms with van der Waals surface area (Å²) in [5.41, 5.74) is 0.915. The number of aliphatic carboxylic acids is 1. The zero-order valence-electron chi connectivity index (χ0n) is 10.9. The lowest BCUT2D eigenvalue weighted by atomic mass is 10.2. The molecule has 0 radical (unpaired) electrons. The molecule has 0 aliphatic heterocycles. The molecule has 20 heavy (non-hydrogen) atoms. The average molecular weight is 276 g/mol. The molecular formula is C13H16N4O3. The highest BCUT2D eigenvalue weighted by Gasteiger charge is 2.12. The molecule has 0 aromatic carbocycles. The van der Waals surface area contributed by atoms with Gasteiger partial charge in [-0.3, -0.25) is 14.7 Å². The van der Waals surface area contributed by atoms with Crippen molar-refractivity contribution in [1.29, 1.82) is 0 Å². The van der Waals surface area contributed by atoms with E-state index < -0.39 is 5.97 Å². The summed E-state index contributed by atoms with van der Waals surface area (Å²) in [6.45, 7) is 0.513. The number of pyridine rings is 1. The van der Waals surface area contributed by atoms with Crippen LogP contribution in [0.2, 0.25) is 0 Å². The lowest BCUT2D eigenvalue weighted by Gasteiger charge is -2.03. The van der Waals surface area contributed by atoms with Crippen LogP contribution in [0, 0.1) is 0 Å². The lowest BCUT2D eigenvalue weighted by molar-refractivity contribution is -0.137. The fourth-order valence-electron chi connectivity index (χ4n) is 1.89. The number of aromatic nitrogens is 3. The maximum Gasteiger partial charge on any atom is 0.303 e. The minimum absolute atomic E-state index is 0.171.